The number of alkyl halides is 2. The lowest BCUT2D eigenvalue weighted by Crippen LogP contribution is -2.14. The van der Waals surface area contributed by atoms with Crippen molar-refractivity contribution in [2.24, 2.45) is 0 Å². The summed E-state index contributed by atoms with van der Waals surface area (Å²) in [5.41, 5.74) is -0.404. The van der Waals surface area contributed by atoms with Gasteiger partial charge in [-0.15, -0.1) is 0 Å². The Morgan fingerprint density at radius 3 is 2.47 bits per heavy atom. The lowest BCUT2D eigenvalue weighted by atomic mass is 10.0. The molecule has 17 heavy (non-hydrogen) atoms. The van der Waals surface area contributed by atoms with Crippen LogP contribution < -0.4 is 4.74 Å². The van der Waals surface area contributed by atoms with Gasteiger partial charge in [-0.25, -0.2) is 9.18 Å². The molecule has 0 fully saturated rings. The summed E-state index contributed by atoms with van der Waals surface area (Å²) in [4.78, 5) is 10.5. The Kier molecular flexibility index (Phi) is 3.95. The van der Waals surface area contributed by atoms with Crippen LogP contribution in [0.25, 0.3) is 0 Å². The molecular formula is C10H9F3O4. The van der Waals surface area contributed by atoms with Crippen molar-refractivity contribution in [3.8, 4) is 5.75 Å². The van der Waals surface area contributed by atoms with Gasteiger partial charge in [-0.2, -0.15) is 8.78 Å². The Bertz CT molecular complexity index is 434. The zero-order chi connectivity index (χ0) is 13.2. The van der Waals surface area contributed by atoms with Gasteiger partial charge >= 0.3 is 12.6 Å². The lowest BCUT2D eigenvalue weighted by molar-refractivity contribution is -0.147. The maximum Gasteiger partial charge on any atom is 0.387 e. The summed E-state index contributed by atoms with van der Waals surface area (Å²) < 4.78 is 41.1. The fourth-order valence-corrected chi connectivity index (χ4v) is 1.23. The summed E-state index contributed by atoms with van der Waals surface area (Å²) >= 11 is 0. The standard InChI is InChI=1S/C10H9F3O4/c1-4-2-5(8(14)9(15)16)7(3-6(4)11)17-10(12)13/h2-3,8,10,14H,1H3,(H,15,16). The van der Waals surface area contributed by atoms with Crippen molar-refractivity contribution in [2.45, 2.75) is 19.6 Å². The molecule has 0 bridgehead atoms. The van der Waals surface area contributed by atoms with Gasteiger partial charge in [-0.1, -0.05) is 0 Å². The number of hydrogen-bond donors (Lipinski definition) is 2. The van der Waals surface area contributed by atoms with Crippen molar-refractivity contribution in [1.82, 2.24) is 0 Å². The van der Waals surface area contributed by atoms with E-state index in [1.165, 1.54) is 6.92 Å². The number of carboxylic acids is 1. The number of benzene rings is 1. The second-order valence-electron chi connectivity index (χ2n) is 3.26. The highest BCUT2D eigenvalue weighted by Crippen LogP contribution is 2.29. The first-order valence-electron chi connectivity index (χ1n) is 4.48. The number of aliphatic hydroxyl groups is 1. The molecule has 0 aliphatic rings. The van der Waals surface area contributed by atoms with Crippen LogP contribution in [0, 0.1) is 12.7 Å². The molecule has 0 spiro atoms. The Morgan fingerprint density at radius 1 is 1.41 bits per heavy atom. The summed E-state index contributed by atoms with van der Waals surface area (Å²) in [6, 6.07) is 1.56. The molecule has 1 rings (SSSR count). The van der Waals surface area contributed by atoms with Gasteiger partial charge in [0.2, 0.25) is 0 Å². The summed E-state index contributed by atoms with van der Waals surface area (Å²) in [7, 11) is 0. The molecule has 0 aromatic heterocycles. The van der Waals surface area contributed by atoms with Gasteiger partial charge < -0.3 is 14.9 Å². The van der Waals surface area contributed by atoms with Crippen LogP contribution in [0.4, 0.5) is 13.2 Å². The quantitative estimate of drug-likeness (QED) is 0.855. The molecule has 1 atom stereocenters. The summed E-state index contributed by atoms with van der Waals surface area (Å²) in [5.74, 6) is -3.17. The van der Waals surface area contributed by atoms with Crippen LogP contribution in [0.3, 0.4) is 0 Å². The Hall–Kier alpha value is -1.76. The summed E-state index contributed by atoms with van der Waals surface area (Å²) in [6.07, 6.45) is -2.05. The van der Waals surface area contributed by atoms with Crippen molar-refractivity contribution in [3.05, 3.63) is 29.1 Å². The maximum absolute atomic E-state index is 13.1. The second-order valence-corrected chi connectivity index (χ2v) is 3.26. The Labute approximate surface area is 94.3 Å². The average Bonchev–Trinajstić information content (AvgIpc) is 2.21. The number of aliphatic carboxylic acids is 1. The van der Waals surface area contributed by atoms with Crippen molar-refractivity contribution in [3.63, 3.8) is 0 Å². The van der Waals surface area contributed by atoms with Crippen LogP contribution in [-0.4, -0.2) is 22.8 Å². The zero-order valence-corrected chi connectivity index (χ0v) is 8.65. The highest BCUT2D eigenvalue weighted by atomic mass is 19.3. The minimum absolute atomic E-state index is 0.0157. The molecule has 7 heteroatoms. The monoisotopic (exact) mass is 250 g/mol. The highest BCUT2D eigenvalue weighted by molar-refractivity contribution is 5.75. The fourth-order valence-electron chi connectivity index (χ4n) is 1.23. The number of carboxylic acid groups (broad SMARTS) is 1. The molecular weight excluding hydrogens is 241 g/mol. The molecule has 0 heterocycles. The van der Waals surface area contributed by atoms with E-state index >= 15 is 0 Å². The first kappa shape index (κ1) is 13.3. The van der Waals surface area contributed by atoms with Crippen molar-refractivity contribution >= 4 is 5.97 Å². The van der Waals surface area contributed by atoms with Crippen LogP contribution in [0.15, 0.2) is 12.1 Å². The van der Waals surface area contributed by atoms with E-state index in [2.05, 4.69) is 4.74 Å². The molecule has 0 amide bonds. The van der Waals surface area contributed by atoms with Crippen LogP contribution in [0.2, 0.25) is 0 Å². The number of carbonyl (C=O) groups is 1. The van der Waals surface area contributed by atoms with E-state index in [1.54, 1.807) is 0 Å². The molecule has 1 aromatic carbocycles. The van der Waals surface area contributed by atoms with Gasteiger partial charge in [0.1, 0.15) is 11.6 Å². The van der Waals surface area contributed by atoms with Gasteiger partial charge in [-0.3, -0.25) is 0 Å². The van der Waals surface area contributed by atoms with Crippen LogP contribution >= 0.6 is 0 Å². The summed E-state index contributed by atoms with van der Waals surface area (Å²) in [6.45, 7) is -1.93. The van der Waals surface area contributed by atoms with Crippen molar-refractivity contribution in [1.29, 1.82) is 0 Å². The molecule has 0 saturated carbocycles. The minimum atomic E-state index is -3.24. The van der Waals surface area contributed by atoms with Crippen molar-refractivity contribution in [2.75, 3.05) is 0 Å². The normalized spacial score (nSPS) is 12.6. The van der Waals surface area contributed by atoms with Gasteiger partial charge in [0.25, 0.3) is 0 Å². The van der Waals surface area contributed by atoms with Crippen LogP contribution in [0.1, 0.15) is 17.2 Å². The second kappa shape index (κ2) is 5.05. The molecule has 0 aliphatic heterocycles. The van der Waals surface area contributed by atoms with E-state index in [4.69, 9.17) is 5.11 Å². The van der Waals surface area contributed by atoms with Gasteiger partial charge in [-0.05, 0) is 18.6 Å². The molecule has 0 radical (unpaired) electrons. The minimum Gasteiger partial charge on any atom is -0.479 e. The Morgan fingerprint density at radius 2 is 2.00 bits per heavy atom. The van der Waals surface area contributed by atoms with Gasteiger partial charge in [0.05, 0.1) is 0 Å². The fraction of sp³-hybridized carbons (Fsp3) is 0.300. The van der Waals surface area contributed by atoms with Crippen molar-refractivity contribution < 1.29 is 32.9 Å². The number of hydrogen-bond acceptors (Lipinski definition) is 3. The number of aliphatic hydroxyl groups excluding tert-OH is 1. The topological polar surface area (TPSA) is 66.8 Å². The van der Waals surface area contributed by atoms with E-state index in [0.717, 1.165) is 6.07 Å². The van der Waals surface area contributed by atoms with E-state index in [1.807, 2.05) is 0 Å². The maximum atomic E-state index is 13.1. The van der Waals surface area contributed by atoms with E-state index in [0.29, 0.717) is 6.07 Å². The number of ether oxygens (including phenoxy) is 1. The third-order valence-electron chi connectivity index (χ3n) is 2.04. The number of rotatable bonds is 4. The smallest absolute Gasteiger partial charge is 0.387 e. The average molecular weight is 250 g/mol. The van der Waals surface area contributed by atoms with Crippen LogP contribution in [0.5, 0.6) is 5.75 Å². The predicted octanol–water partition coefficient (Wildman–Crippen LogP) is 1.85. The first-order chi connectivity index (χ1) is 7.82. The molecule has 0 saturated heterocycles. The molecule has 1 aromatic rings. The zero-order valence-electron chi connectivity index (χ0n) is 8.65. The first-order valence-corrected chi connectivity index (χ1v) is 4.48. The molecule has 4 nitrogen and oxygen atoms in total. The Balaban J connectivity index is 3.25. The third kappa shape index (κ3) is 3.10. The van der Waals surface area contributed by atoms with Gasteiger partial charge in [0, 0.05) is 11.6 Å². The molecule has 1 unspecified atom stereocenters. The molecule has 0 aliphatic carbocycles. The number of halogens is 3. The molecule has 94 valence electrons. The highest BCUT2D eigenvalue weighted by Gasteiger charge is 2.23. The third-order valence-corrected chi connectivity index (χ3v) is 2.04. The number of aryl methyl sites for hydroxylation is 1. The predicted molar refractivity (Wildman–Crippen MR) is 50.4 cm³/mol. The summed E-state index contributed by atoms with van der Waals surface area (Å²) in [5, 5.41) is 17.8. The SMILES string of the molecule is Cc1cc(C(O)C(=O)O)c(OC(F)F)cc1F. The van der Waals surface area contributed by atoms with E-state index in [9.17, 15) is 23.1 Å². The van der Waals surface area contributed by atoms with E-state index in [-0.39, 0.29) is 5.56 Å². The largest absolute Gasteiger partial charge is 0.479 e. The van der Waals surface area contributed by atoms with E-state index < -0.39 is 35.8 Å². The van der Waals surface area contributed by atoms with Gasteiger partial charge in [0.15, 0.2) is 6.10 Å². The lowest BCUT2D eigenvalue weighted by Gasteiger charge is -2.14. The van der Waals surface area contributed by atoms with Crippen LogP contribution in [-0.2, 0) is 4.79 Å². The molecule has 2 N–H and O–H groups in total.